The van der Waals surface area contributed by atoms with Gasteiger partial charge in [-0.3, -0.25) is 4.79 Å². The molecule has 0 bridgehead atoms. The number of aromatic nitrogens is 2. The Morgan fingerprint density at radius 3 is 2.52 bits per heavy atom. The van der Waals surface area contributed by atoms with Gasteiger partial charge in [0.15, 0.2) is 0 Å². The fraction of sp³-hybridized carbons (Fsp3) is 0.357. The fourth-order valence-corrected chi connectivity index (χ4v) is 4.24. The Morgan fingerprint density at radius 2 is 1.88 bits per heavy atom. The summed E-state index contributed by atoms with van der Waals surface area (Å²) in [5.74, 6) is 0.871. The van der Waals surface area contributed by atoms with Crippen LogP contribution in [0.4, 0.5) is 0 Å². The number of likely N-dealkylation sites (tertiary alicyclic amines) is 1. The molecular weight excluding hydrogens is 410 g/mol. The number of carbonyl (C=O) groups is 1. The first-order valence-electron chi connectivity index (χ1n) is 11.5. The Morgan fingerprint density at radius 1 is 1.12 bits per heavy atom. The summed E-state index contributed by atoms with van der Waals surface area (Å²) in [6.07, 6.45) is 7.52. The lowest BCUT2D eigenvalue weighted by atomic mass is 9.86. The van der Waals surface area contributed by atoms with Gasteiger partial charge in [0.1, 0.15) is 5.75 Å². The van der Waals surface area contributed by atoms with Crippen LogP contribution in [-0.4, -0.2) is 34.0 Å². The van der Waals surface area contributed by atoms with E-state index in [-0.39, 0.29) is 11.3 Å². The van der Waals surface area contributed by atoms with Crippen LogP contribution in [0.25, 0.3) is 11.8 Å². The number of imidazole rings is 1. The summed E-state index contributed by atoms with van der Waals surface area (Å²) < 4.78 is 7.57. The number of amides is 1. The zero-order valence-corrected chi connectivity index (χ0v) is 20.3. The van der Waals surface area contributed by atoms with Crippen LogP contribution >= 0.6 is 0 Å². The first-order valence-corrected chi connectivity index (χ1v) is 11.5. The van der Waals surface area contributed by atoms with Gasteiger partial charge in [0, 0.05) is 24.9 Å². The van der Waals surface area contributed by atoms with Gasteiger partial charge in [0.2, 0.25) is 5.91 Å². The van der Waals surface area contributed by atoms with Gasteiger partial charge in [-0.05, 0) is 60.1 Å². The number of carbonyl (C=O) groups excluding carboxylic acids is 1. The van der Waals surface area contributed by atoms with E-state index in [2.05, 4.69) is 50.0 Å². The molecule has 0 spiro atoms. The molecule has 2 aromatic carbocycles. The summed E-state index contributed by atoms with van der Waals surface area (Å²) in [5.41, 5.74) is 6.29. The van der Waals surface area contributed by atoms with E-state index in [0.29, 0.717) is 6.54 Å². The second kappa shape index (κ2) is 9.26. The van der Waals surface area contributed by atoms with E-state index in [1.54, 1.807) is 13.4 Å². The molecule has 0 unspecified atom stereocenters. The van der Waals surface area contributed by atoms with Crippen molar-refractivity contribution in [2.45, 2.75) is 52.5 Å². The van der Waals surface area contributed by atoms with Gasteiger partial charge in [0.05, 0.1) is 24.8 Å². The SMILES string of the molecule is COc1cc(/C=C2\CCCN(Cc3ccc(C(C)(C)C)cc3)C2=O)ccc1-n1cnc(C)c1. The van der Waals surface area contributed by atoms with E-state index >= 15 is 0 Å². The fourth-order valence-electron chi connectivity index (χ4n) is 4.24. The molecule has 0 radical (unpaired) electrons. The number of rotatable bonds is 5. The van der Waals surface area contributed by atoms with Crippen molar-refractivity contribution in [3.63, 3.8) is 0 Å². The Labute approximate surface area is 196 Å². The van der Waals surface area contributed by atoms with Crippen LogP contribution in [0.1, 0.15) is 56.0 Å². The highest BCUT2D eigenvalue weighted by Crippen LogP contribution is 2.28. The molecule has 1 fully saturated rings. The number of hydrogen-bond acceptors (Lipinski definition) is 3. The third kappa shape index (κ3) is 5.19. The van der Waals surface area contributed by atoms with Crippen molar-refractivity contribution in [2.75, 3.05) is 13.7 Å². The van der Waals surface area contributed by atoms with Gasteiger partial charge in [0.25, 0.3) is 0 Å². The third-order valence-electron chi connectivity index (χ3n) is 6.16. The van der Waals surface area contributed by atoms with Gasteiger partial charge in [-0.15, -0.1) is 0 Å². The number of hydrogen-bond donors (Lipinski definition) is 0. The summed E-state index contributed by atoms with van der Waals surface area (Å²) in [7, 11) is 1.66. The van der Waals surface area contributed by atoms with Crippen LogP contribution < -0.4 is 4.74 Å². The highest BCUT2D eigenvalue weighted by molar-refractivity contribution is 5.98. The van der Waals surface area contributed by atoms with Gasteiger partial charge >= 0.3 is 0 Å². The number of piperidine rings is 1. The molecule has 2 heterocycles. The van der Waals surface area contributed by atoms with Crippen LogP contribution in [0.5, 0.6) is 5.75 Å². The van der Waals surface area contributed by atoms with Crippen molar-refractivity contribution in [1.82, 2.24) is 14.5 Å². The first-order chi connectivity index (χ1) is 15.7. The Bertz CT molecular complexity index is 1170. The van der Waals surface area contributed by atoms with Crippen LogP contribution in [0.15, 0.2) is 60.6 Å². The Balaban J connectivity index is 1.52. The van der Waals surface area contributed by atoms with Gasteiger partial charge in [-0.25, -0.2) is 4.98 Å². The largest absolute Gasteiger partial charge is 0.495 e. The quantitative estimate of drug-likeness (QED) is 0.476. The monoisotopic (exact) mass is 443 g/mol. The van der Waals surface area contributed by atoms with Gasteiger partial charge < -0.3 is 14.2 Å². The minimum absolute atomic E-state index is 0.120. The molecule has 0 atom stereocenters. The molecule has 5 nitrogen and oxygen atoms in total. The minimum Gasteiger partial charge on any atom is -0.495 e. The van der Waals surface area contributed by atoms with Crippen LogP contribution in [-0.2, 0) is 16.8 Å². The van der Waals surface area contributed by atoms with E-state index in [1.807, 2.05) is 46.9 Å². The maximum atomic E-state index is 13.2. The average molecular weight is 444 g/mol. The van der Waals surface area contributed by atoms with E-state index in [1.165, 1.54) is 11.1 Å². The maximum Gasteiger partial charge on any atom is 0.250 e. The van der Waals surface area contributed by atoms with Crippen molar-refractivity contribution < 1.29 is 9.53 Å². The average Bonchev–Trinajstić information content (AvgIpc) is 3.22. The summed E-state index contributed by atoms with van der Waals surface area (Å²) in [6, 6.07) is 14.7. The van der Waals surface area contributed by atoms with Crippen LogP contribution in [0.2, 0.25) is 0 Å². The lowest BCUT2D eigenvalue weighted by Gasteiger charge is -2.29. The molecule has 5 heteroatoms. The maximum absolute atomic E-state index is 13.2. The molecule has 0 saturated carbocycles. The normalized spacial score (nSPS) is 15.8. The third-order valence-corrected chi connectivity index (χ3v) is 6.16. The van der Waals surface area contributed by atoms with E-state index < -0.39 is 0 Å². The molecular formula is C28H33N3O2. The predicted molar refractivity (Wildman–Crippen MR) is 133 cm³/mol. The van der Waals surface area contributed by atoms with Gasteiger partial charge in [-0.2, -0.15) is 0 Å². The molecule has 1 aliphatic rings. The van der Waals surface area contributed by atoms with Gasteiger partial charge in [-0.1, -0.05) is 51.1 Å². The van der Waals surface area contributed by atoms with Crippen molar-refractivity contribution in [3.8, 4) is 11.4 Å². The molecule has 3 aromatic rings. The Hall–Kier alpha value is -3.34. The standard InChI is InChI=1S/C28H33N3O2/c1-20-17-31(19-29-20)25-13-10-22(16-26(25)33-5)15-23-7-6-14-30(27(23)32)18-21-8-11-24(12-9-21)28(2,3)4/h8-13,15-17,19H,6-7,14,18H2,1-5H3/b23-15+. The van der Waals surface area contributed by atoms with E-state index in [0.717, 1.165) is 47.7 Å². The first kappa shape index (κ1) is 22.8. The number of benzene rings is 2. The van der Waals surface area contributed by atoms with Crippen molar-refractivity contribution in [3.05, 3.63) is 82.9 Å². The second-order valence-corrected chi connectivity index (χ2v) is 9.80. The Kier molecular flexibility index (Phi) is 6.41. The summed E-state index contributed by atoms with van der Waals surface area (Å²) in [4.78, 5) is 19.5. The number of aryl methyl sites for hydroxylation is 1. The molecule has 0 N–H and O–H groups in total. The molecule has 1 amide bonds. The minimum atomic E-state index is 0.120. The molecule has 0 aliphatic carbocycles. The smallest absolute Gasteiger partial charge is 0.250 e. The topological polar surface area (TPSA) is 47.4 Å². The zero-order chi connectivity index (χ0) is 23.6. The van der Waals surface area contributed by atoms with Crippen molar-refractivity contribution >= 4 is 12.0 Å². The number of nitrogens with zero attached hydrogens (tertiary/aromatic N) is 3. The van der Waals surface area contributed by atoms with E-state index in [9.17, 15) is 4.79 Å². The summed E-state index contributed by atoms with van der Waals surface area (Å²) >= 11 is 0. The van der Waals surface area contributed by atoms with Crippen molar-refractivity contribution in [2.24, 2.45) is 0 Å². The van der Waals surface area contributed by atoms with E-state index in [4.69, 9.17) is 4.74 Å². The highest BCUT2D eigenvalue weighted by Gasteiger charge is 2.23. The molecule has 1 saturated heterocycles. The summed E-state index contributed by atoms with van der Waals surface area (Å²) in [5, 5.41) is 0. The van der Waals surface area contributed by atoms with Crippen LogP contribution in [0, 0.1) is 6.92 Å². The molecule has 172 valence electrons. The highest BCUT2D eigenvalue weighted by atomic mass is 16.5. The lowest BCUT2D eigenvalue weighted by Crippen LogP contribution is -2.36. The lowest BCUT2D eigenvalue weighted by molar-refractivity contribution is -0.129. The summed E-state index contributed by atoms with van der Waals surface area (Å²) in [6.45, 7) is 10.0. The number of methoxy groups -OCH3 is 1. The second-order valence-electron chi connectivity index (χ2n) is 9.80. The molecule has 1 aromatic heterocycles. The van der Waals surface area contributed by atoms with Crippen LogP contribution in [0.3, 0.4) is 0 Å². The predicted octanol–water partition coefficient (Wildman–Crippen LogP) is 5.69. The molecule has 33 heavy (non-hydrogen) atoms. The van der Waals surface area contributed by atoms with Crippen molar-refractivity contribution in [1.29, 1.82) is 0 Å². The zero-order valence-electron chi connectivity index (χ0n) is 20.3. The molecule has 1 aliphatic heterocycles. The molecule has 4 rings (SSSR count). The number of ether oxygens (including phenoxy) is 1.